The molecule has 1 aliphatic rings. The summed E-state index contributed by atoms with van der Waals surface area (Å²) < 4.78 is 12.3. The van der Waals surface area contributed by atoms with E-state index in [2.05, 4.69) is 15.6 Å². The van der Waals surface area contributed by atoms with Gasteiger partial charge in [-0.3, -0.25) is 19.0 Å². The number of rotatable bonds is 11. The SMILES string of the molecule is COc1cccc(NC(=O)CSc2nc3ccccc3c(=O)n2CCCC(=O)NC[C@@H]2CCCO2)c1. The lowest BCUT2D eigenvalue weighted by molar-refractivity contribution is -0.121. The second-order valence-electron chi connectivity index (χ2n) is 8.48. The second kappa shape index (κ2) is 12.5. The lowest BCUT2D eigenvalue weighted by Crippen LogP contribution is -2.32. The summed E-state index contributed by atoms with van der Waals surface area (Å²) in [6, 6.07) is 14.2. The number of methoxy groups -OCH3 is 1. The number of anilines is 1. The molecule has 1 saturated heterocycles. The first-order chi connectivity index (χ1) is 17.5. The Morgan fingerprint density at radius 3 is 2.86 bits per heavy atom. The zero-order valence-corrected chi connectivity index (χ0v) is 21.0. The fourth-order valence-corrected chi connectivity index (χ4v) is 4.83. The smallest absolute Gasteiger partial charge is 0.262 e. The van der Waals surface area contributed by atoms with Gasteiger partial charge >= 0.3 is 0 Å². The normalized spacial score (nSPS) is 15.1. The van der Waals surface area contributed by atoms with Crippen LogP contribution in [0.15, 0.2) is 58.5 Å². The Balaban J connectivity index is 1.40. The van der Waals surface area contributed by atoms with Crippen LogP contribution in [-0.4, -0.2) is 53.5 Å². The van der Waals surface area contributed by atoms with Crippen molar-refractivity contribution in [2.45, 2.75) is 43.5 Å². The number of benzene rings is 2. The molecule has 2 amide bonds. The van der Waals surface area contributed by atoms with Gasteiger partial charge in [0.2, 0.25) is 11.8 Å². The second-order valence-corrected chi connectivity index (χ2v) is 9.42. The highest BCUT2D eigenvalue weighted by Gasteiger charge is 2.17. The summed E-state index contributed by atoms with van der Waals surface area (Å²) in [6.45, 7) is 1.58. The van der Waals surface area contributed by atoms with E-state index in [1.54, 1.807) is 54.1 Å². The van der Waals surface area contributed by atoms with Gasteiger partial charge in [-0.25, -0.2) is 4.98 Å². The Bertz CT molecular complexity index is 1270. The molecule has 190 valence electrons. The minimum absolute atomic E-state index is 0.0702. The van der Waals surface area contributed by atoms with Gasteiger partial charge < -0.3 is 20.1 Å². The van der Waals surface area contributed by atoms with Crippen molar-refractivity contribution in [3.63, 3.8) is 0 Å². The number of fused-ring (bicyclic) bond motifs is 1. The van der Waals surface area contributed by atoms with Gasteiger partial charge in [0.05, 0.1) is 29.9 Å². The third kappa shape index (κ3) is 6.86. The van der Waals surface area contributed by atoms with Gasteiger partial charge in [-0.15, -0.1) is 0 Å². The quantitative estimate of drug-likeness (QED) is 0.301. The topological polar surface area (TPSA) is 112 Å². The maximum Gasteiger partial charge on any atom is 0.262 e. The summed E-state index contributed by atoms with van der Waals surface area (Å²) in [5.41, 5.74) is 1.01. The number of thioether (sulfide) groups is 1. The van der Waals surface area contributed by atoms with Crippen LogP contribution in [-0.2, 0) is 20.9 Å². The molecule has 0 unspecified atom stereocenters. The predicted octanol–water partition coefficient (Wildman–Crippen LogP) is 3.21. The van der Waals surface area contributed by atoms with Crippen molar-refractivity contribution in [1.29, 1.82) is 0 Å². The molecule has 0 spiro atoms. The van der Waals surface area contributed by atoms with Gasteiger partial charge in [0.25, 0.3) is 5.56 Å². The molecule has 10 heteroatoms. The molecular formula is C26H30N4O5S. The largest absolute Gasteiger partial charge is 0.497 e. The molecule has 1 aromatic heterocycles. The number of hydrogen-bond donors (Lipinski definition) is 2. The van der Waals surface area contributed by atoms with E-state index in [0.29, 0.717) is 47.0 Å². The summed E-state index contributed by atoms with van der Waals surface area (Å²) in [4.78, 5) is 42.7. The highest BCUT2D eigenvalue weighted by Crippen LogP contribution is 2.20. The molecule has 4 rings (SSSR count). The highest BCUT2D eigenvalue weighted by molar-refractivity contribution is 7.99. The van der Waals surface area contributed by atoms with Crippen molar-refractivity contribution in [3.05, 3.63) is 58.9 Å². The van der Waals surface area contributed by atoms with Gasteiger partial charge in [-0.2, -0.15) is 0 Å². The summed E-state index contributed by atoms with van der Waals surface area (Å²) in [5.74, 6) is 0.421. The molecule has 2 heterocycles. The predicted molar refractivity (Wildman–Crippen MR) is 140 cm³/mol. The Morgan fingerprint density at radius 2 is 2.06 bits per heavy atom. The van der Waals surface area contributed by atoms with E-state index in [1.165, 1.54) is 11.8 Å². The molecule has 1 fully saturated rings. The van der Waals surface area contributed by atoms with Crippen LogP contribution in [0.1, 0.15) is 25.7 Å². The fraction of sp³-hybridized carbons (Fsp3) is 0.385. The fourth-order valence-electron chi connectivity index (χ4n) is 4.00. The van der Waals surface area contributed by atoms with Crippen LogP contribution in [0.5, 0.6) is 5.75 Å². The zero-order valence-electron chi connectivity index (χ0n) is 20.2. The van der Waals surface area contributed by atoms with E-state index in [4.69, 9.17) is 9.47 Å². The number of nitrogens with zero attached hydrogens (tertiary/aromatic N) is 2. The number of carbonyl (C=O) groups is 2. The molecule has 2 aromatic carbocycles. The Morgan fingerprint density at radius 1 is 1.19 bits per heavy atom. The van der Waals surface area contributed by atoms with E-state index in [0.717, 1.165) is 19.4 Å². The molecular weight excluding hydrogens is 480 g/mol. The van der Waals surface area contributed by atoms with Crippen molar-refractivity contribution in [3.8, 4) is 5.75 Å². The molecule has 9 nitrogen and oxygen atoms in total. The molecule has 0 radical (unpaired) electrons. The van der Waals surface area contributed by atoms with Crippen molar-refractivity contribution in [1.82, 2.24) is 14.9 Å². The minimum Gasteiger partial charge on any atom is -0.497 e. The van der Waals surface area contributed by atoms with E-state index in [-0.39, 0.29) is 35.7 Å². The Kier molecular flexibility index (Phi) is 8.96. The average molecular weight is 511 g/mol. The van der Waals surface area contributed by atoms with Crippen molar-refractivity contribution in [2.75, 3.05) is 31.3 Å². The van der Waals surface area contributed by atoms with Gasteiger partial charge in [-0.05, 0) is 43.5 Å². The van der Waals surface area contributed by atoms with E-state index < -0.39 is 0 Å². The Labute approximate surface area is 213 Å². The first-order valence-corrected chi connectivity index (χ1v) is 13.0. The lowest BCUT2D eigenvalue weighted by Gasteiger charge is -2.14. The molecule has 1 atom stereocenters. The van der Waals surface area contributed by atoms with Crippen molar-refractivity contribution in [2.24, 2.45) is 0 Å². The molecule has 3 aromatic rings. The lowest BCUT2D eigenvalue weighted by atomic mass is 10.2. The van der Waals surface area contributed by atoms with Crippen LogP contribution in [0.4, 0.5) is 5.69 Å². The monoisotopic (exact) mass is 510 g/mol. The van der Waals surface area contributed by atoms with Crippen LogP contribution < -0.4 is 20.9 Å². The third-order valence-electron chi connectivity index (χ3n) is 5.85. The highest BCUT2D eigenvalue weighted by atomic mass is 32.2. The molecule has 0 aliphatic carbocycles. The van der Waals surface area contributed by atoms with E-state index in [1.807, 2.05) is 6.07 Å². The third-order valence-corrected chi connectivity index (χ3v) is 6.83. The van der Waals surface area contributed by atoms with Crippen LogP contribution in [0.25, 0.3) is 10.9 Å². The summed E-state index contributed by atoms with van der Waals surface area (Å²) in [5, 5.41) is 6.69. The zero-order chi connectivity index (χ0) is 25.3. The summed E-state index contributed by atoms with van der Waals surface area (Å²) in [7, 11) is 1.56. The first kappa shape index (κ1) is 25.7. The number of amides is 2. The maximum absolute atomic E-state index is 13.2. The molecule has 1 aliphatic heterocycles. The average Bonchev–Trinajstić information content (AvgIpc) is 3.42. The Hall–Kier alpha value is -3.37. The van der Waals surface area contributed by atoms with Crippen LogP contribution in [0.2, 0.25) is 0 Å². The van der Waals surface area contributed by atoms with Crippen LogP contribution >= 0.6 is 11.8 Å². The minimum atomic E-state index is -0.226. The first-order valence-electron chi connectivity index (χ1n) is 12.0. The van der Waals surface area contributed by atoms with Gasteiger partial charge in [0.15, 0.2) is 5.16 Å². The van der Waals surface area contributed by atoms with E-state index in [9.17, 15) is 14.4 Å². The van der Waals surface area contributed by atoms with Crippen molar-refractivity contribution < 1.29 is 19.1 Å². The number of aromatic nitrogens is 2. The molecule has 0 saturated carbocycles. The molecule has 36 heavy (non-hydrogen) atoms. The van der Waals surface area contributed by atoms with Crippen LogP contribution in [0.3, 0.4) is 0 Å². The van der Waals surface area contributed by atoms with Crippen LogP contribution in [0, 0.1) is 0 Å². The number of hydrogen-bond acceptors (Lipinski definition) is 7. The van der Waals surface area contributed by atoms with Gasteiger partial charge in [0, 0.05) is 37.9 Å². The van der Waals surface area contributed by atoms with E-state index >= 15 is 0 Å². The van der Waals surface area contributed by atoms with Gasteiger partial charge in [0.1, 0.15) is 5.75 Å². The van der Waals surface area contributed by atoms with Crippen molar-refractivity contribution >= 4 is 40.2 Å². The number of ether oxygens (including phenoxy) is 2. The maximum atomic E-state index is 13.2. The molecule has 0 bridgehead atoms. The van der Waals surface area contributed by atoms with Gasteiger partial charge in [-0.1, -0.05) is 30.0 Å². The number of carbonyl (C=O) groups excluding carboxylic acids is 2. The number of para-hydroxylation sites is 1. The number of nitrogens with one attached hydrogen (secondary N) is 2. The summed E-state index contributed by atoms with van der Waals surface area (Å²) >= 11 is 1.19. The summed E-state index contributed by atoms with van der Waals surface area (Å²) in [6.07, 6.45) is 2.83. The molecule has 2 N–H and O–H groups in total. The standard InChI is InChI=1S/C26H30N4O5S/c1-34-19-8-4-7-18(15-19)28-24(32)17-36-26-29-22-11-3-2-10-21(22)25(33)30(26)13-5-12-23(31)27-16-20-9-6-14-35-20/h2-4,7-8,10-11,15,20H,5-6,9,12-14,16-17H2,1H3,(H,27,31)(H,28,32)/t20-/m0/s1.